The molecule has 0 aliphatic carbocycles. The van der Waals surface area contributed by atoms with Crippen molar-refractivity contribution in [3.63, 3.8) is 0 Å². The molecule has 0 unspecified atom stereocenters. The van der Waals surface area contributed by atoms with E-state index in [1.165, 1.54) is 13.0 Å². The second kappa shape index (κ2) is 5.26. The van der Waals surface area contributed by atoms with E-state index in [0.717, 1.165) is 17.6 Å². The first-order valence-electron chi connectivity index (χ1n) is 6.30. The molecule has 0 saturated carbocycles. The highest BCUT2D eigenvalue weighted by Gasteiger charge is 2.35. The molecule has 3 aromatic heterocycles. The minimum absolute atomic E-state index is 0.0649. The fourth-order valence-corrected chi connectivity index (χ4v) is 2.36. The Morgan fingerprint density at radius 2 is 2.00 bits per heavy atom. The Balaban J connectivity index is 2.01. The zero-order valence-electron chi connectivity index (χ0n) is 11.8. The van der Waals surface area contributed by atoms with Crippen molar-refractivity contribution in [2.45, 2.75) is 20.0 Å². The van der Waals surface area contributed by atoms with Crippen LogP contribution < -0.4 is 5.32 Å². The molecular weight excluding hydrogens is 333 g/mol. The van der Waals surface area contributed by atoms with Gasteiger partial charge in [-0.05, 0) is 31.4 Å². The zero-order valence-corrected chi connectivity index (χ0v) is 12.7. The van der Waals surface area contributed by atoms with Crippen molar-refractivity contribution in [2.75, 3.05) is 5.32 Å². The van der Waals surface area contributed by atoms with E-state index in [9.17, 15) is 18.0 Å². The number of carbonyl (C=O) groups excluding carboxylic acids is 1. The maximum Gasteiger partial charge on any atom is 0.433 e. The van der Waals surface area contributed by atoms with Gasteiger partial charge in [0, 0.05) is 11.8 Å². The molecular formula is C12H9F3N6OS. The van der Waals surface area contributed by atoms with Gasteiger partial charge in [0.15, 0.2) is 11.3 Å². The molecule has 3 aromatic rings. The Bertz CT molecular complexity index is 900. The number of alkyl halides is 3. The monoisotopic (exact) mass is 342 g/mol. The Labute approximate surface area is 131 Å². The molecule has 0 spiro atoms. The van der Waals surface area contributed by atoms with Crippen LogP contribution in [0.4, 0.5) is 19.1 Å². The molecule has 0 bridgehead atoms. The van der Waals surface area contributed by atoms with Crippen LogP contribution >= 0.6 is 11.5 Å². The van der Waals surface area contributed by atoms with Crippen LogP contribution in [0.15, 0.2) is 12.1 Å². The van der Waals surface area contributed by atoms with Gasteiger partial charge in [0.25, 0.3) is 5.91 Å². The summed E-state index contributed by atoms with van der Waals surface area (Å²) in [7, 11) is 0. The molecule has 0 atom stereocenters. The molecule has 0 fully saturated rings. The number of nitrogens with zero attached hydrogens (tertiary/aromatic N) is 5. The number of amides is 1. The number of rotatable bonds is 2. The van der Waals surface area contributed by atoms with Crippen molar-refractivity contribution in [1.82, 2.24) is 24.0 Å². The molecule has 1 amide bonds. The highest BCUT2D eigenvalue weighted by Crippen LogP contribution is 2.29. The zero-order chi connectivity index (χ0) is 16.8. The summed E-state index contributed by atoms with van der Waals surface area (Å²) in [5.41, 5.74) is -1.10. The summed E-state index contributed by atoms with van der Waals surface area (Å²) in [6.45, 7) is 3.14. The number of hydrogen-bond donors (Lipinski definition) is 1. The van der Waals surface area contributed by atoms with Crippen molar-refractivity contribution in [3.05, 3.63) is 34.2 Å². The highest BCUT2D eigenvalue weighted by molar-refractivity contribution is 7.05. The van der Waals surface area contributed by atoms with Gasteiger partial charge in [0.1, 0.15) is 10.7 Å². The summed E-state index contributed by atoms with van der Waals surface area (Å²) in [6.07, 6.45) is -4.61. The molecule has 23 heavy (non-hydrogen) atoms. The average molecular weight is 342 g/mol. The standard InChI is InChI=1S/C12H9F3N6OS/c1-5-3-8(12(13,14)15)21-9(16-5)4-7(19-21)10(22)18-11-17-6(2)23-20-11/h3-4H,1-2H3,(H,18,20,22). The molecule has 0 aromatic carbocycles. The van der Waals surface area contributed by atoms with Gasteiger partial charge in [-0.3, -0.25) is 10.1 Å². The Kier molecular flexibility index (Phi) is 3.51. The smallest absolute Gasteiger partial charge is 0.288 e. The first kappa shape index (κ1) is 15.3. The van der Waals surface area contributed by atoms with Crippen molar-refractivity contribution >= 4 is 29.0 Å². The fraction of sp³-hybridized carbons (Fsp3) is 0.250. The average Bonchev–Trinajstić information content (AvgIpc) is 3.02. The third-order valence-electron chi connectivity index (χ3n) is 2.83. The van der Waals surface area contributed by atoms with Gasteiger partial charge in [-0.25, -0.2) is 14.5 Å². The summed E-state index contributed by atoms with van der Waals surface area (Å²) >= 11 is 1.09. The Morgan fingerprint density at radius 3 is 2.61 bits per heavy atom. The van der Waals surface area contributed by atoms with Crippen LogP contribution in [0.5, 0.6) is 0 Å². The number of aryl methyl sites for hydroxylation is 2. The van der Waals surface area contributed by atoms with E-state index in [-0.39, 0.29) is 23.0 Å². The van der Waals surface area contributed by atoms with Gasteiger partial charge < -0.3 is 0 Å². The maximum absolute atomic E-state index is 13.0. The third-order valence-corrected chi connectivity index (χ3v) is 3.45. The summed E-state index contributed by atoms with van der Waals surface area (Å²) in [4.78, 5) is 20.0. The fourth-order valence-electron chi connectivity index (χ4n) is 1.93. The lowest BCUT2D eigenvalue weighted by Gasteiger charge is -2.08. The van der Waals surface area contributed by atoms with Gasteiger partial charge in [0.05, 0.1) is 0 Å². The molecule has 120 valence electrons. The number of halogens is 3. The number of carbonyl (C=O) groups is 1. The SMILES string of the molecule is Cc1cc(C(F)(F)F)n2nc(C(=O)Nc3nsc(C)n3)cc2n1. The number of hydrogen-bond acceptors (Lipinski definition) is 6. The second-order valence-corrected chi connectivity index (χ2v) is 5.63. The van der Waals surface area contributed by atoms with Crippen molar-refractivity contribution in [2.24, 2.45) is 0 Å². The summed E-state index contributed by atoms with van der Waals surface area (Å²) in [5.74, 6) is -0.631. The number of aromatic nitrogens is 5. The van der Waals surface area contributed by atoms with Crippen molar-refractivity contribution in [3.8, 4) is 0 Å². The number of anilines is 1. The lowest BCUT2D eigenvalue weighted by Crippen LogP contribution is -2.16. The van der Waals surface area contributed by atoms with Gasteiger partial charge in [0.2, 0.25) is 5.95 Å². The number of fused-ring (bicyclic) bond motifs is 1. The second-order valence-electron chi connectivity index (χ2n) is 4.67. The first-order valence-corrected chi connectivity index (χ1v) is 7.07. The van der Waals surface area contributed by atoms with E-state index in [1.807, 2.05) is 0 Å². The Hall–Kier alpha value is -2.56. The van der Waals surface area contributed by atoms with E-state index in [2.05, 4.69) is 24.8 Å². The molecule has 0 aliphatic rings. The maximum atomic E-state index is 13.0. The van der Waals surface area contributed by atoms with Crippen molar-refractivity contribution in [1.29, 1.82) is 0 Å². The molecule has 3 rings (SSSR count). The minimum Gasteiger partial charge on any atom is -0.288 e. The third kappa shape index (κ3) is 2.99. The quantitative estimate of drug-likeness (QED) is 0.773. The van der Waals surface area contributed by atoms with E-state index in [1.54, 1.807) is 6.92 Å². The van der Waals surface area contributed by atoms with Crippen LogP contribution in [-0.4, -0.2) is 29.9 Å². The predicted octanol–water partition coefficient (Wildman–Crippen LogP) is 2.47. The van der Waals surface area contributed by atoms with Gasteiger partial charge >= 0.3 is 6.18 Å². The van der Waals surface area contributed by atoms with Crippen molar-refractivity contribution < 1.29 is 18.0 Å². The largest absolute Gasteiger partial charge is 0.433 e. The Morgan fingerprint density at radius 1 is 1.26 bits per heavy atom. The number of nitrogens with one attached hydrogen (secondary N) is 1. The van der Waals surface area contributed by atoms with Gasteiger partial charge in [-0.2, -0.15) is 22.6 Å². The van der Waals surface area contributed by atoms with Gasteiger partial charge in [-0.1, -0.05) is 0 Å². The lowest BCUT2D eigenvalue weighted by atomic mass is 10.3. The molecule has 0 aliphatic heterocycles. The molecule has 7 nitrogen and oxygen atoms in total. The highest BCUT2D eigenvalue weighted by atomic mass is 32.1. The van der Waals surface area contributed by atoms with E-state index in [4.69, 9.17) is 0 Å². The predicted molar refractivity (Wildman–Crippen MR) is 75.3 cm³/mol. The summed E-state index contributed by atoms with van der Waals surface area (Å²) < 4.78 is 43.6. The van der Waals surface area contributed by atoms with E-state index < -0.39 is 17.8 Å². The van der Waals surface area contributed by atoms with E-state index in [0.29, 0.717) is 9.52 Å². The van der Waals surface area contributed by atoms with Crippen LogP contribution in [0.25, 0.3) is 5.65 Å². The van der Waals surface area contributed by atoms with E-state index >= 15 is 0 Å². The molecule has 1 N–H and O–H groups in total. The minimum atomic E-state index is -4.61. The molecule has 0 saturated heterocycles. The molecule has 0 radical (unpaired) electrons. The molecule has 3 heterocycles. The van der Waals surface area contributed by atoms with Gasteiger partial charge in [-0.15, -0.1) is 0 Å². The molecule has 11 heteroatoms. The van der Waals surface area contributed by atoms with Crippen LogP contribution in [0.2, 0.25) is 0 Å². The lowest BCUT2D eigenvalue weighted by molar-refractivity contribution is -0.142. The summed E-state index contributed by atoms with van der Waals surface area (Å²) in [5, 5.41) is 6.72. The first-order chi connectivity index (χ1) is 10.7. The summed E-state index contributed by atoms with van der Waals surface area (Å²) in [6, 6.07) is 2.05. The van der Waals surface area contributed by atoms with Crippen LogP contribution in [0, 0.1) is 13.8 Å². The van der Waals surface area contributed by atoms with Crippen LogP contribution in [0.3, 0.4) is 0 Å². The van der Waals surface area contributed by atoms with Crippen LogP contribution in [0.1, 0.15) is 26.9 Å². The topological polar surface area (TPSA) is 85.1 Å². The van der Waals surface area contributed by atoms with Crippen LogP contribution in [-0.2, 0) is 6.18 Å². The normalized spacial score (nSPS) is 11.9.